The average molecular weight is 585 g/mol. The first-order valence-electron chi connectivity index (χ1n) is 12.4. The summed E-state index contributed by atoms with van der Waals surface area (Å²) in [6, 6.07) is 25.1. The van der Waals surface area contributed by atoms with Crippen molar-refractivity contribution in [3.05, 3.63) is 107 Å². The highest BCUT2D eigenvalue weighted by Crippen LogP contribution is 2.49. The van der Waals surface area contributed by atoms with Crippen LogP contribution in [0.3, 0.4) is 0 Å². The zero-order chi connectivity index (χ0) is 28.8. The highest BCUT2D eigenvalue weighted by Gasteiger charge is 2.45. The minimum Gasteiger partial charge on any atom is -0.397 e. The lowest BCUT2D eigenvalue weighted by molar-refractivity contribution is 0.607. The molecule has 0 bridgehead atoms. The summed E-state index contributed by atoms with van der Waals surface area (Å²) in [7, 11) is -3.53. The number of quaternary nitrogens is 1. The second-order valence-corrected chi connectivity index (χ2v) is 11.7. The zero-order valence-corrected chi connectivity index (χ0v) is 23.2. The lowest BCUT2D eigenvalue weighted by Crippen LogP contribution is -2.36. The Morgan fingerprint density at radius 2 is 1.66 bits per heavy atom. The first kappa shape index (κ1) is 26.4. The van der Waals surface area contributed by atoms with Gasteiger partial charge in [0.2, 0.25) is 22.0 Å². The Morgan fingerprint density at radius 1 is 0.927 bits per heavy atom. The molecule has 10 nitrogen and oxygen atoms in total. The van der Waals surface area contributed by atoms with Gasteiger partial charge >= 0.3 is 0 Å². The Bertz CT molecular complexity index is 1980. The van der Waals surface area contributed by atoms with Crippen LogP contribution in [0.15, 0.2) is 101 Å². The van der Waals surface area contributed by atoms with E-state index in [0.29, 0.717) is 45.0 Å². The molecule has 6 rings (SSSR count). The molecule has 3 heterocycles. The van der Waals surface area contributed by atoms with Gasteiger partial charge in [0.15, 0.2) is 5.69 Å². The number of hydrogen-bond acceptors (Lipinski definition) is 7. The van der Waals surface area contributed by atoms with E-state index in [0.717, 1.165) is 17.5 Å². The molecule has 1 unspecified atom stereocenters. The number of rotatable bonds is 6. The van der Waals surface area contributed by atoms with Crippen LogP contribution in [0.25, 0.3) is 22.6 Å². The van der Waals surface area contributed by atoms with Crippen LogP contribution < -0.4 is 20.5 Å². The van der Waals surface area contributed by atoms with E-state index in [1.54, 1.807) is 48.9 Å². The second kappa shape index (κ2) is 9.97. The summed E-state index contributed by atoms with van der Waals surface area (Å²) >= 11 is 6.20. The highest BCUT2D eigenvalue weighted by molar-refractivity contribution is 7.92. The van der Waals surface area contributed by atoms with Gasteiger partial charge in [0.25, 0.3) is 11.4 Å². The number of pyridine rings is 1. The van der Waals surface area contributed by atoms with E-state index < -0.39 is 15.6 Å². The maximum absolute atomic E-state index is 13.3. The maximum atomic E-state index is 13.3. The summed E-state index contributed by atoms with van der Waals surface area (Å²) in [6.45, 7) is 0. The van der Waals surface area contributed by atoms with Gasteiger partial charge in [-0.15, -0.1) is 0 Å². The topological polar surface area (TPSA) is 143 Å². The molecule has 41 heavy (non-hydrogen) atoms. The first-order chi connectivity index (χ1) is 19.6. The van der Waals surface area contributed by atoms with Gasteiger partial charge in [-0.3, -0.25) is 14.5 Å². The number of benzene rings is 3. The zero-order valence-electron chi connectivity index (χ0n) is 21.6. The Balaban J connectivity index is 1.51. The first-order valence-corrected chi connectivity index (χ1v) is 14.7. The molecule has 0 saturated heterocycles. The summed E-state index contributed by atoms with van der Waals surface area (Å²) in [4.78, 5) is 29.9. The van der Waals surface area contributed by atoms with Crippen LogP contribution in [0.5, 0.6) is 0 Å². The molecule has 1 aliphatic rings. The van der Waals surface area contributed by atoms with Gasteiger partial charge in [-0.2, -0.15) is 14.5 Å². The van der Waals surface area contributed by atoms with E-state index in [1.807, 2.05) is 48.5 Å². The number of aromatic nitrogens is 3. The quantitative estimate of drug-likeness (QED) is 0.217. The van der Waals surface area contributed by atoms with Crippen molar-refractivity contribution in [2.24, 2.45) is 4.99 Å². The van der Waals surface area contributed by atoms with Crippen LogP contribution in [0.1, 0.15) is 0 Å². The Hall–Kier alpha value is -4.84. The van der Waals surface area contributed by atoms with Crippen LogP contribution in [0.2, 0.25) is 5.02 Å². The van der Waals surface area contributed by atoms with Crippen molar-refractivity contribution in [2.75, 3.05) is 16.7 Å². The molecule has 0 radical (unpaired) electrons. The highest BCUT2D eigenvalue weighted by atomic mass is 35.5. The summed E-state index contributed by atoms with van der Waals surface area (Å²) in [6.07, 6.45) is 4.28. The lowest BCUT2D eigenvalue weighted by atomic mass is 10.1. The van der Waals surface area contributed by atoms with Crippen molar-refractivity contribution < 1.29 is 8.42 Å². The van der Waals surface area contributed by atoms with E-state index >= 15 is 0 Å². The number of nitrogens with two attached hydrogens (primary N) is 1. The number of H-pyrrole nitrogens is 1. The van der Waals surface area contributed by atoms with Crippen LogP contribution in [0, 0.1) is 0 Å². The van der Waals surface area contributed by atoms with Gasteiger partial charge in [-0.05, 0) is 30.3 Å². The van der Waals surface area contributed by atoms with Crippen LogP contribution in [-0.4, -0.2) is 36.0 Å². The molecule has 0 aliphatic carbocycles. The predicted molar refractivity (Wildman–Crippen MR) is 164 cm³/mol. The third-order valence-electron chi connectivity index (χ3n) is 6.60. The number of anilines is 2. The van der Waals surface area contributed by atoms with E-state index in [4.69, 9.17) is 22.3 Å². The second-order valence-electron chi connectivity index (χ2n) is 9.51. The van der Waals surface area contributed by atoms with Crippen molar-refractivity contribution in [1.82, 2.24) is 19.4 Å². The molecule has 1 aliphatic heterocycles. The van der Waals surface area contributed by atoms with E-state index in [9.17, 15) is 13.2 Å². The summed E-state index contributed by atoms with van der Waals surface area (Å²) < 4.78 is 26.3. The molecule has 204 valence electrons. The average Bonchev–Trinajstić information content (AvgIpc) is 3.34. The molecular weight excluding hydrogens is 562 g/mol. The van der Waals surface area contributed by atoms with E-state index in [2.05, 4.69) is 19.7 Å². The maximum Gasteiger partial charge on any atom is 0.283 e. The molecule has 0 amide bonds. The standard InChI is InChI=1S/C29H22ClN7O3S/c1-41(39,40)36-22-3-2-4-24(15-22)37(23-12-9-20(30)10-13-23)17-33-26-28(37)34-27(35-29(26)38)19-7-5-18(6-8-19)25-14-11-21(31)16-32-25/h2-17,36H,1H3,(H2-,31,34,35,38)/p+1. The third-order valence-corrected chi connectivity index (χ3v) is 7.46. The SMILES string of the molecule is CS(=O)(=O)Nc1cccc([N+]2(c3ccc(Cl)cc3)C=Nc3c2nc(-c2ccc(-c4ccc(N)cn4)cc2)[nH]c3=O)c1. The number of aromatic amines is 1. The number of fused-ring (bicyclic) bond motifs is 1. The van der Waals surface area contributed by atoms with Gasteiger partial charge in [-0.1, -0.05) is 41.9 Å². The number of sulfonamides is 1. The number of nitrogens with one attached hydrogen (secondary N) is 2. The van der Waals surface area contributed by atoms with Crippen molar-refractivity contribution in [3.63, 3.8) is 0 Å². The predicted octanol–water partition coefficient (Wildman–Crippen LogP) is 5.75. The fraction of sp³-hybridized carbons (Fsp3) is 0.0345. The van der Waals surface area contributed by atoms with Crippen LogP contribution >= 0.6 is 11.6 Å². The molecule has 4 N–H and O–H groups in total. The number of halogens is 1. The summed E-state index contributed by atoms with van der Waals surface area (Å²) in [5.74, 6) is 0.699. The molecule has 0 saturated carbocycles. The molecular formula is C29H23ClN7O3S+. The molecule has 1 atom stereocenters. The van der Waals surface area contributed by atoms with Gasteiger partial charge in [0.1, 0.15) is 11.5 Å². The van der Waals surface area contributed by atoms with Crippen LogP contribution in [-0.2, 0) is 10.0 Å². The van der Waals surface area contributed by atoms with Gasteiger partial charge in [0, 0.05) is 40.4 Å². The molecule has 12 heteroatoms. The minimum absolute atomic E-state index is 0.146. The third kappa shape index (κ3) is 4.97. The molecule has 2 aromatic heterocycles. The fourth-order valence-corrected chi connectivity index (χ4v) is 5.42. The summed E-state index contributed by atoms with van der Waals surface area (Å²) in [5.41, 5.74) is 10.0. The van der Waals surface area contributed by atoms with Crippen molar-refractivity contribution >= 4 is 62.2 Å². The van der Waals surface area contributed by atoms with Crippen LogP contribution in [0.4, 0.5) is 34.3 Å². The number of hydrogen-bond donors (Lipinski definition) is 3. The molecule has 0 fully saturated rings. The lowest BCUT2D eigenvalue weighted by Gasteiger charge is -2.29. The molecule has 5 aromatic rings. The van der Waals surface area contributed by atoms with Crippen molar-refractivity contribution in [1.29, 1.82) is 0 Å². The largest absolute Gasteiger partial charge is 0.397 e. The van der Waals surface area contributed by atoms with Gasteiger partial charge in [0.05, 0.1) is 29.5 Å². The van der Waals surface area contributed by atoms with Crippen molar-refractivity contribution in [3.8, 4) is 22.6 Å². The van der Waals surface area contributed by atoms with E-state index in [1.165, 1.54) is 0 Å². The number of nitrogen functional groups attached to an aromatic ring is 1. The smallest absolute Gasteiger partial charge is 0.283 e. The fourth-order valence-electron chi connectivity index (χ4n) is 4.73. The summed E-state index contributed by atoms with van der Waals surface area (Å²) in [5, 5.41) is 0.533. The Morgan fingerprint density at radius 3 is 2.34 bits per heavy atom. The minimum atomic E-state index is -3.53. The van der Waals surface area contributed by atoms with Gasteiger partial charge in [-0.25, -0.2) is 8.42 Å². The molecule has 0 spiro atoms. The van der Waals surface area contributed by atoms with Gasteiger partial charge < -0.3 is 10.7 Å². The number of aliphatic imine (C=N–C) groups is 1. The Kier molecular flexibility index (Phi) is 6.41. The van der Waals surface area contributed by atoms with E-state index in [-0.39, 0.29) is 10.2 Å². The van der Waals surface area contributed by atoms with Crippen molar-refractivity contribution in [2.45, 2.75) is 0 Å². The Labute approximate surface area is 240 Å². The number of nitrogens with zero attached hydrogens (tertiary/aromatic N) is 4. The molecule has 3 aromatic carbocycles. The monoisotopic (exact) mass is 584 g/mol. The normalized spacial score (nSPS) is 16.0.